The Kier molecular flexibility index (Phi) is 6.64. The summed E-state index contributed by atoms with van der Waals surface area (Å²) in [5.74, 6) is 0.708. The maximum atomic E-state index is 6.14. The fraction of sp³-hybridized carbons (Fsp3) is 0.522. The van der Waals surface area contributed by atoms with Gasteiger partial charge in [0.05, 0.1) is 18.9 Å². The highest BCUT2D eigenvalue weighted by molar-refractivity contribution is 5.66. The number of morpholine rings is 1. The molecule has 0 amide bonds. The number of anilines is 1. The third kappa shape index (κ3) is 5.47. The first-order valence-electron chi connectivity index (χ1n) is 10.6. The van der Waals surface area contributed by atoms with Crippen LogP contribution in [-0.4, -0.2) is 87.5 Å². The quantitative estimate of drug-likeness (QED) is 0.747. The molecule has 6 nitrogen and oxygen atoms in total. The Bertz CT molecular complexity index is 799. The monoisotopic (exact) mass is 396 g/mol. The lowest BCUT2D eigenvalue weighted by Crippen LogP contribution is -2.45. The van der Waals surface area contributed by atoms with Gasteiger partial charge in [-0.2, -0.15) is 0 Å². The minimum atomic E-state index is 0.663. The number of hydrogen-bond acceptors (Lipinski definition) is 6. The average molecular weight is 397 g/mol. The van der Waals surface area contributed by atoms with Crippen LogP contribution in [0.5, 0.6) is 5.88 Å². The lowest BCUT2D eigenvalue weighted by Gasteiger charge is -2.32. The summed E-state index contributed by atoms with van der Waals surface area (Å²) >= 11 is 0. The Morgan fingerprint density at radius 2 is 1.79 bits per heavy atom. The summed E-state index contributed by atoms with van der Waals surface area (Å²) in [4.78, 5) is 12.0. The number of benzene rings is 1. The molecule has 6 heteroatoms. The first-order valence-corrected chi connectivity index (χ1v) is 10.6. The van der Waals surface area contributed by atoms with E-state index in [0.717, 1.165) is 76.0 Å². The van der Waals surface area contributed by atoms with Crippen molar-refractivity contribution in [2.24, 2.45) is 0 Å². The van der Waals surface area contributed by atoms with E-state index in [2.05, 4.69) is 65.1 Å². The van der Waals surface area contributed by atoms with Crippen molar-refractivity contribution >= 4 is 5.69 Å². The van der Waals surface area contributed by atoms with Gasteiger partial charge in [-0.05, 0) is 26.1 Å². The van der Waals surface area contributed by atoms with Gasteiger partial charge in [0.2, 0.25) is 5.88 Å². The molecule has 0 saturated carbocycles. The maximum absolute atomic E-state index is 6.14. The van der Waals surface area contributed by atoms with Gasteiger partial charge in [-0.1, -0.05) is 23.8 Å². The van der Waals surface area contributed by atoms with E-state index in [9.17, 15) is 0 Å². The normalized spacial score (nSPS) is 18.8. The molecule has 2 saturated heterocycles. The summed E-state index contributed by atoms with van der Waals surface area (Å²) in [6.45, 7) is 11.5. The van der Waals surface area contributed by atoms with Crippen molar-refractivity contribution in [2.45, 2.75) is 6.92 Å². The highest BCUT2D eigenvalue weighted by Crippen LogP contribution is 2.28. The molecule has 0 N–H and O–H groups in total. The standard InChI is InChI=1S/C23H32N4O2/c1-19-4-3-5-20(16-19)22-17-21(27-11-13-28-14-12-27)18-23(24-22)29-15-10-26-8-6-25(2)7-9-26/h3-5,16-18H,6-15H2,1-2H3. The number of piperazine rings is 1. The van der Waals surface area contributed by atoms with Crippen LogP contribution in [-0.2, 0) is 4.74 Å². The third-order valence-electron chi connectivity index (χ3n) is 5.73. The predicted molar refractivity (Wildman–Crippen MR) is 117 cm³/mol. The van der Waals surface area contributed by atoms with Crippen molar-refractivity contribution in [3.8, 4) is 17.1 Å². The highest BCUT2D eigenvalue weighted by Gasteiger charge is 2.16. The molecular weight excluding hydrogens is 364 g/mol. The van der Waals surface area contributed by atoms with E-state index in [1.54, 1.807) is 0 Å². The Hall–Kier alpha value is -2.15. The van der Waals surface area contributed by atoms with Crippen LogP contribution < -0.4 is 9.64 Å². The lowest BCUT2D eigenvalue weighted by molar-refractivity contribution is 0.122. The van der Waals surface area contributed by atoms with Gasteiger partial charge in [0.1, 0.15) is 6.61 Å². The van der Waals surface area contributed by atoms with E-state index in [0.29, 0.717) is 12.5 Å². The second kappa shape index (κ2) is 9.57. The second-order valence-corrected chi connectivity index (χ2v) is 8.01. The van der Waals surface area contributed by atoms with Gasteiger partial charge < -0.3 is 19.3 Å². The molecule has 0 unspecified atom stereocenters. The molecule has 29 heavy (non-hydrogen) atoms. The van der Waals surface area contributed by atoms with Crippen LogP contribution in [0.15, 0.2) is 36.4 Å². The van der Waals surface area contributed by atoms with Crippen molar-refractivity contribution in [2.75, 3.05) is 77.6 Å². The zero-order valence-corrected chi connectivity index (χ0v) is 17.6. The molecular formula is C23H32N4O2. The van der Waals surface area contributed by atoms with E-state index in [4.69, 9.17) is 14.5 Å². The number of hydrogen-bond donors (Lipinski definition) is 0. The average Bonchev–Trinajstić information content (AvgIpc) is 2.76. The van der Waals surface area contributed by atoms with Crippen LogP contribution in [0, 0.1) is 6.92 Å². The van der Waals surface area contributed by atoms with Gasteiger partial charge in [0.15, 0.2) is 0 Å². The summed E-state index contributed by atoms with van der Waals surface area (Å²) in [5, 5.41) is 0. The topological polar surface area (TPSA) is 41.1 Å². The number of likely N-dealkylation sites (N-methyl/N-ethyl adjacent to an activating group) is 1. The molecule has 0 spiro atoms. The second-order valence-electron chi connectivity index (χ2n) is 8.01. The zero-order chi connectivity index (χ0) is 20.1. The molecule has 2 fully saturated rings. The van der Waals surface area contributed by atoms with Crippen molar-refractivity contribution < 1.29 is 9.47 Å². The largest absolute Gasteiger partial charge is 0.476 e. The number of pyridine rings is 1. The number of rotatable bonds is 6. The lowest BCUT2D eigenvalue weighted by atomic mass is 10.1. The fourth-order valence-electron chi connectivity index (χ4n) is 3.87. The molecule has 3 heterocycles. The SMILES string of the molecule is Cc1cccc(-c2cc(N3CCOCC3)cc(OCCN3CCN(C)CC3)n2)c1. The third-order valence-corrected chi connectivity index (χ3v) is 5.73. The van der Waals surface area contributed by atoms with Crippen LogP contribution in [0.4, 0.5) is 5.69 Å². The molecule has 0 aliphatic carbocycles. The van der Waals surface area contributed by atoms with E-state index >= 15 is 0 Å². The van der Waals surface area contributed by atoms with Crippen molar-refractivity contribution in [3.63, 3.8) is 0 Å². The summed E-state index contributed by atoms with van der Waals surface area (Å²) in [5.41, 5.74) is 4.49. The number of nitrogens with zero attached hydrogens (tertiary/aromatic N) is 4. The molecule has 0 bridgehead atoms. The van der Waals surface area contributed by atoms with Crippen molar-refractivity contribution in [1.29, 1.82) is 0 Å². The molecule has 4 rings (SSSR count). The number of aryl methyl sites for hydroxylation is 1. The smallest absolute Gasteiger partial charge is 0.215 e. The van der Waals surface area contributed by atoms with Crippen LogP contribution >= 0.6 is 0 Å². The van der Waals surface area contributed by atoms with Gasteiger partial charge in [0, 0.05) is 63.1 Å². The van der Waals surface area contributed by atoms with E-state index < -0.39 is 0 Å². The van der Waals surface area contributed by atoms with Crippen LogP contribution in [0.25, 0.3) is 11.3 Å². The highest BCUT2D eigenvalue weighted by atomic mass is 16.5. The zero-order valence-electron chi connectivity index (χ0n) is 17.6. The van der Waals surface area contributed by atoms with E-state index in [1.165, 1.54) is 5.56 Å². The molecule has 156 valence electrons. The van der Waals surface area contributed by atoms with E-state index in [-0.39, 0.29) is 0 Å². The number of ether oxygens (including phenoxy) is 2. The summed E-state index contributed by atoms with van der Waals surface area (Å²) in [6.07, 6.45) is 0. The summed E-state index contributed by atoms with van der Waals surface area (Å²) in [7, 11) is 2.18. The fourth-order valence-corrected chi connectivity index (χ4v) is 3.87. The summed E-state index contributed by atoms with van der Waals surface area (Å²) in [6, 6.07) is 12.7. The van der Waals surface area contributed by atoms with Gasteiger partial charge >= 0.3 is 0 Å². The van der Waals surface area contributed by atoms with Gasteiger partial charge in [-0.3, -0.25) is 4.90 Å². The summed E-state index contributed by atoms with van der Waals surface area (Å²) < 4.78 is 11.7. The minimum absolute atomic E-state index is 0.663. The molecule has 1 aromatic carbocycles. The Labute approximate surface area is 174 Å². The Morgan fingerprint density at radius 3 is 2.55 bits per heavy atom. The Morgan fingerprint density at radius 1 is 1.00 bits per heavy atom. The van der Waals surface area contributed by atoms with Crippen molar-refractivity contribution in [3.05, 3.63) is 42.0 Å². The van der Waals surface area contributed by atoms with E-state index in [1.807, 2.05) is 0 Å². The molecule has 0 atom stereocenters. The predicted octanol–water partition coefficient (Wildman–Crippen LogP) is 2.52. The van der Waals surface area contributed by atoms with Gasteiger partial charge in [-0.15, -0.1) is 0 Å². The first-order chi connectivity index (χ1) is 14.2. The van der Waals surface area contributed by atoms with Crippen molar-refractivity contribution in [1.82, 2.24) is 14.8 Å². The molecule has 0 radical (unpaired) electrons. The van der Waals surface area contributed by atoms with Crippen LogP contribution in [0.1, 0.15) is 5.56 Å². The maximum Gasteiger partial charge on any atom is 0.215 e. The van der Waals surface area contributed by atoms with Gasteiger partial charge in [-0.25, -0.2) is 4.98 Å². The molecule has 2 aromatic rings. The Balaban J connectivity index is 1.49. The first kappa shape index (κ1) is 20.1. The molecule has 1 aromatic heterocycles. The molecule has 2 aliphatic rings. The van der Waals surface area contributed by atoms with Crippen LogP contribution in [0.2, 0.25) is 0 Å². The minimum Gasteiger partial charge on any atom is -0.476 e. The molecule has 2 aliphatic heterocycles. The number of aromatic nitrogens is 1. The van der Waals surface area contributed by atoms with Crippen LogP contribution in [0.3, 0.4) is 0 Å². The van der Waals surface area contributed by atoms with Gasteiger partial charge in [0.25, 0.3) is 0 Å².